The fraction of sp³-hybridized carbons (Fsp3) is 0.273. The zero-order chi connectivity index (χ0) is 21.1. The van der Waals surface area contributed by atoms with Crippen LogP contribution in [-0.4, -0.2) is 34.6 Å². The number of carbonyl (C=O) groups is 4. The molecule has 7 heteroatoms. The lowest BCUT2D eigenvalue weighted by Crippen LogP contribution is -2.47. The third-order valence-electron chi connectivity index (χ3n) is 4.73. The van der Waals surface area contributed by atoms with Gasteiger partial charge in [-0.3, -0.25) is 24.1 Å². The molecule has 1 atom stereocenters. The van der Waals surface area contributed by atoms with E-state index in [2.05, 4.69) is 5.32 Å². The molecule has 29 heavy (non-hydrogen) atoms. The van der Waals surface area contributed by atoms with E-state index < -0.39 is 29.7 Å². The molecule has 1 heterocycles. The van der Waals surface area contributed by atoms with Gasteiger partial charge in [0.15, 0.2) is 0 Å². The standard InChI is InChI=1S/C22H23N3O4/c1-13(2)11-18(25-21(28)16-5-3-4-6-17(16)22(25)29)20(27)24-15-9-7-14(8-10-15)12-19(23)26/h3-10,13,18H,11-12H2,1-2H3,(H2,23,26)(H,24,27). The van der Waals surface area contributed by atoms with Crippen LogP contribution in [0.1, 0.15) is 46.5 Å². The van der Waals surface area contributed by atoms with Gasteiger partial charge in [-0.05, 0) is 42.2 Å². The Hall–Kier alpha value is -3.48. The van der Waals surface area contributed by atoms with Gasteiger partial charge in [0.2, 0.25) is 11.8 Å². The van der Waals surface area contributed by atoms with Crippen molar-refractivity contribution in [3.05, 3.63) is 65.2 Å². The first-order valence-corrected chi connectivity index (χ1v) is 9.43. The van der Waals surface area contributed by atoms with Gasteiger partial charge in [0.25, 0.3) is 11.8 Å². The zero-order valence-electron chi connectivity index (χ0n) is 16.3. The Balaban J connectivity index is 1.82. The molecule has 3 rings (SSSR count). The molecule has 150 valence electrons. The molecule has 2 aromatic rings. The van der Waals surface area contributed by atoms with E-state index >= 15 is 0 Å². The molecule has 4 amide bonds. The molecule has 0 saturated heterocycles. The summed E-state index contributed by atoms with van der Waals surface area (Å²) in [4.78, 5) is 50.7. The number of amides is 4. The van der Waals surface area contributed by atoms with E-state index in [-0.39, 0.29) is 12.3 Å². The Morgan fingerprint density at radius 2 is 1.52 bits per heavy atom. The van der Waals surface area contributed by atoms with E-state index in [0.29, 0.717) is 23.2 Å². The fourth-order valence-corrected chi connectivity index (χ4v) is 3.40. The quantitative estimate of drug-likeness (QED) is 0.704. The molecule has 0 saturated carbocycles. The lowest BCUT2D eigenvalue weighted by molar-refractivity contribution is -0.120. The summed E-state index contributed by atoms with van der Waals surface area (Å²) in [7, 11) is 0. The number of rotatable bonds is 7. The van der Waals surface area contributed by atoms with Crippen LogP contribution in [0.25, 0.3) is 0 Å². The number of carbonyl (C=O) groups excluding carboxylic acids is 4. The Morgan fingerprint density at radius 3 is 2.00 bits per heavy atom. The third kappa shape index (κ3) is 4.34. The number of hydrogen-bond donors (Lipinski definition) is 2. The topological polar surface area (TPSA) is 110 Å². The van der Waals surface area contributed by atoms with Crippen LogP contribution in [0.5, 0.6) is 0 Å². The van der Waals surface area contributed by atoms with Crippen LogP contribution in [-0.2, 0) is 16.0 Å². The predicted molar refractivity (Wildman–Crippen MR) is 108 cm³/mol. The van der Waals surface area contributed by atoms with Crippen molar-refractivity contribution in [3.8, 4) is 0 Å². The second kappa shape index (κ2) is 8.26. The lowest BCUT2D eigenvalue weighted by atomic mass is 10.0. The number of imide groups is 1. The maximum absolute atomic E-state index is 13.0. The van der Waals surface area contributed by atoms with Gasteiger partial charge in [-0.1, -0.05) is 38.1 Å². The van der Waals surface area contributed by atoms with E-state index in [4.69, 9.17) is 5.73 Å². The van der Waals surface area contributed by atoms with E-state index in [1.165, 1.54) is 0 Å². The fourth-order valence-electron chi connectivity index (χ4n) is 3.40. The molecule has 1 aliphatic heterocycles. The first-order chi connectivity index (χ1) is 13.8. The number of fused-ring (bicyclic) bond motifs is 1. The molecular formula is C22H23N3O4. The summed E-state index contributed by atoms with van der Waals surface area (Å²) in [6, 6.07) is 12.4. The lowest BCUT2D eigenvalue weighted by Gasteiger charge is -2.26. The van der Waals surface area contributed by atoms with Gasteiger partial charge in [0, 0.05) is 5.69 Å². The molecule has 1 unspecified atom stereocenters. The highest BCUT2D eigenvalue weighted by Gasteiger charge is 2.42. The first kappa shape index (κ1) is 20.3. The summed E-state index contributed by atoms with van der Waals surface area (Å²) in [5, 5.41) is 2.77. The molecular weight excluding hydrogens is 370 g/mol. The summed E-state index contributed by atoms with van der Waals surface area (Å²) in [5.41, 5.74) is 7.05. The van der Waals surface area contributed by atoms with Gasteiger partial charge < -0.3 is 11.1 Å². The largest absolute Gasteiger partial charge is 0.369 e. The van der Waals surface area contributed by atoms with Crippen molar-refractivity contribution < 1.29 is 19.2 Å². The van der Waals surface area contributed by atoms with Crippen LogP contribution in [0.3, 0.4) is 0 Å². The molecule has 0 aliphatic carbocycles. The van der Waals surface area contributed by atoms with Gasteiger partial charge in [-0.15, -0.1) is 0 Å². The third-order valence-corrected chi connectivity index (χ3v) is 4.73. The minimum atomic E-state index is -0.923. The molecule has 2 aromatic carbocycles. The number of hydrogen-bond acceptors (Lipinski definition) is 4. The normalized spacial score (nSPS) is 14.1. The Labute approximate surface area is 168 Å². The average Bonchev–Trinajstić information content (AvgIpc) is 2.92. The highest BCUT2D eigenvalue weighted by molar-refractivity contribution is 6.23. The molecule has 1 aliphatic rings. The van der Waals surface area contributed by atoms with Gasteiger partial charge in [-0.25, -0.2) is 0 Å². The van der Waals surface area contributed by atoms with Crippen molar-refractivity contribution in [2.75, 3.05) is 5.32 Å². The Bertz CT molecular complexity index is 931. The van der Waals surface area contributed by atoms with Crippen LogP contribution < -0.4 is 11.1 Å². The van der Waals surface area contributed by atoms with Crippen molar-refractivity contribution in [2.45, 2.75) is 32.7 Å². The molecule has 0 fully saturated rings. The van der Waals surface area contributed by atoms with E-state index in [1.54, 1.807) is 48.5 Å². The number of nitrogens with zero attached hydrogens (tertiary/aromatic N) is 1. The molecule has 0 aromatic heterocycles. The van der Waals surface area contributed by atoms with Crippen molar-refractivity contribution in [3.63, 3.8) is 0 Å². The maximum atomic E-state index is 13.0. The molecule has 0 spiro atoms. The Kier molecular flexibility index (Phi) is 5.77. The maximum Gasteiger partial charge on any atom is 0.262 e. The van der Waals surface area contributed by atoms with Crippen LogP contribution in [0.4, 0.5) is 5.69 Å². The van der Waals surface area contributed by atoms with Crippen molar-refractivity contribution in [1.29, 1.82) is 0 Å². The summed E-state index contributed by atoms with van der Waals surface area (Å²) in [6.45, 7) is 3.86. The molecule has 0 radical (unpaired) electrons. The van der Waals surface area contributed by atoms with Crippen LogP contribution in [0, 0.1) is 5.92 Å². The number of nitrogens with one attached hydrogen (secondary N) is 1. The van der Waals surface area contributed by atoms with Crippen molar-refractivity contribution in [1.82, 2.24) is 4.90 Å². The van der Waals surface area contributed by atoms with Gasteiger partial charge in [-0.2, -0.15) is 0 Å². The summed E-state index contributed by atoms with van der Waals surface area (Å²) in [5.74, 6) is -1.69. The van der Waals surface area contributed by atoms with Crippen LogP contribution in [0.2, 0.25) is 0 Å². The highest BCUT2D eigenvalue weighted by atomic mass is 16.2. The van der Waals surface area contributed by atoms with Crippen LogP contribution >= 0.6 is 0 Å². The van der Waals surface area contributed by atoms with E-state index in [0.717, 1.165) is 10.5 Å². The number of anilines is 1. The smallest absolute Gasteiger partial charge is 0.262 e. The van der Waals surface area contributed by atoms with Gasteiger partial charge >= 0.3 is 0 Å². The zero-order valence-corrected chi connectivity index (χ0v) is 16.3. The SMILES string of the molecule is CC(C)CC(C(=O)Nc1ccc(CC(N)=O)cc1)N1C(=O)c2ccccc2C1=O. The monoisotopic (exact) mass is 393 g/mol. The number of nitrogens with two attached hydrogens (primary N) is 1. The molecule has 0 bridgehead atoms. The van der Waals surface area contributed by atoms with Crippen LogP contribution in [0.15, 0.2) is 48.5 Å². The minimum absolute atomic E-state index is 0.0907. The van der Waals surface area contributed by atoms with Crippen molar-refractivity contribution in [2.24, 2.45) is 11.7 Å². The summed E-state index contributed by atoms with van der Waals surface area (Å²) in [6.07, 6.45) is 0.455. The van der Waals surface area contributed by atoms with E-state index in [1.807, 2.05) is 13.8 Å². The van der Waals surface area contributed by atoms with Crippen molar-refractivity contribution >= 4 is 29.3 Å². The number of benzene rings is 2. The first-order valence-electron chi connectivity index (χ1n) is 9.43. The summed E-state index contributed by atoms with van der Waals surface area (Å²) < 4.78 is 0. The molecule has 7 nitrogen and oxygen atoms in total. The second-order valence-electron chi connectivity index (χ2n) is 7.50. The second-order valence-corrected chi connectivity index (χ2v) is 7.50. The Morgan fingerprint density at radius 1 is 0.966 bits per heavy atom. The number of primary amides is 1. The van der Waals surface area contributed by atoms with E-state index in [9.17, 15) is 19.2 Å². The highest BCUT2D eigenvalue weighted by Crippen LogP contribution is 2.27. The molecule has 3 N–H and O–H groups in total. The average molecular weight is 393 g/mol. The predicted octanol–water partition coefficient (Wildman–Crippen LogP) is 2.36. The van der Waals surface area contributed by atoms with Gasteiger partial charge in [0.05, 0.1) is 17.5 Å². The minimum Gasteiger partial charge on any atom is -0.369 e. The summed E-state index contributed by atoms with van der Waals surface area (Å²) >= 11 is 0. The van der Waals surface area contributed by atoms with Gasteiger partial charge in [0.1, 0.15) is 6.04 Å².